The van der Waals surface area contributed by atoms with Gasteiger partial charge in [-0.15, -0.1) is 23.7 Å². The van der Waals surface area contributed by atoms with E-state index in [4.69, 9.17) is 5.73 Å². The van der Waals surface area contributed by atoms with Gasteiger partial charge in [-0.1, -0.05) is 37.6 Å². The predicted octanol–water partition coefficient (Wildman–Crippen LogP) is 3.78. The topological polar surface area (TPSA) is 68.0 Å². The van der Waals surface area contributed by atoms with Crippen LogP contribution in [-0.4, -0.2) is 16.9 Å². The zero-order valence-electron chi connectivity index (χ0n) is 13.1. The minimum absolute atomic E-state index is 0. The molecule has 2 rings (SSSR count). The van der Waals surface area contributed by atoms with Crippen molar-refractivity contribution in [3.8, 4) is 11.3 Å². The summed E-state index contributed by atoms with van der Waals surface area (Å²) < 4.78 is 0. The fraction of sp³-hybridized carbons (Fsp3) is 0.375. The highest BCUT2D eigenvalue weighted by Crippen LogP contribution is 2.30. The number of carbonyl (C=O) groups is 1. The second-order valence-corrected chi connectivity index (χ2v) is 6.35. The molecule has 0 fully saturated rings. The third kappa shape index (κ3) is 4.53. The quantitative estimate of drug-likeness (QED) is 0.871. The Kier molecular flexibility index (Phi) is 7.00. The highest BCUT2D eigenvalue weighted by Gasteiger charge is 2.13. The van der Waals surface area contributed by atoms with Crippen LogP contribution >= 0.6 is 23.7 Å². The molecule has 1 unspecified atom stereocenters. The molecule has 22 heavy (non-hydrogen) atoms. The van der Waals surface area contributed by atoms with Crippen LogP contribution in [0.2, 0.25) is 0 Å². The van der Waals surface area contributed by atoms with E-state index in [0.29, 0.717) is 5.13 Å². The molecular formula is C16H22ClN3OS. The first-order valence-electron chi connectivity index (χ1n) is 7.14. The zero-order valence-corrected chi connectivity index (χ0v) is 14.7. The van der Waals surface area contributed by atoms with Crippen molar-refractivity contribution in [3.63, 3.8) is 0 Å². The summed E-state index contributed by atoms with van der Waals surface area (Å²) >= 11 is 1.47. The van der Waals surface area contributed by atoms with Crippen molar-refractivity contribution in [3.05, 3.63) is 34.7 Å². The Morgan fingerprint density at radius 1 is 1.36 bits per heavy atom. The lowest BCUT2D eigenvalue weighted by Gasteiger charge is -2.04. The SMILES string of the molecule is CCCc1ccc(-c2nc(NC(=O)C(C)N)sc2C)cc1.Cl. The van der Waals surface area contributed by atoms with Crippen molar-refractivity contribution in [2.75, 3.05) is 5.32 Å². The molecule has 0 aliphatic carbocycles. The van der Waals surface area contributed by atoms with Crippen LogP contribution in [0.4, 0.5) is 5.13 Å². The van der Waals surface area contributed by atoms with Crippen LogP contribution in [0.15, 0.2) is 24.3 Å². The fourth-order valence-electron chi connectivity index (χ4n) is 2.05. The lowest BCUT2D eigenvalue weighted by atomic mass is 10.1. The highest BCUT2D eigenvalue weighted by atomic mass is 35.5. The van der Waals surface area contributed by atoms with E-state index in [-0.39, 0.29) is 18.3 Å². The summed E-state index contributed by atoms with van der Waals surface area (Å²) in [6.45, 7) is 5.84. The largest absolute Gasteiger partial charge is 0.320 e. The van der Waals surface area contributed by atoms with Gasteiger partial charge in [0, 0.05) is 10.4 Å². The van der Waals surface area contributed by atoms with E-state index >= 15 is 0 Å². The van der Waals surface area contributed by atoms with Crippen molar-refractivity contribution in [2.45, 2.75) is 39.7 Å². The van der Waals surface area contributed by atoms with Crippen LogP contribution in [0.1, 0.15) is 30.7 Å². The first-order chi connectivity index (χ1) is 10.0. The number of nitrogens with one attached hydrogen (secondary N) is 1. The molecule has 6 heteroatoms. The summed E-state index contributed by atoms with van der Waals surface area (Å²) in [5.74, 6) is -0.214. The van der Waals surface area contributed by atoms with Gasteiger partial charge in [0.2, 0.25) is 5.91 Å². The average molecular weight is 340 g/mol. The molecule has 0 spiro atoms. The van der Waals surface area contributed by atoms with E-state index in [9.17, 15) is 4.79 Å². The summed E-state index contributed by atoms with van der Waals surface area (Å²) in [6, 6.07) is 7.91. The molecule has 0 bridgehead atoms. The number of halogens is 1. The number of nitrogens with two attached hydrogens (primary N) is 1. The maximum Gasteiger partial charge on any atom is 0.242 e. The summed E-state index contributed by atoms with van der Waals surface area (Å²) in [4.78, 5) is 17.2. The number of carbonyl (C=O) groups excluding carboxylic acids is 1. The van der Waals surface area contributed by atoms with E-state index in [0.717, 1.165) is 29.0 Å². The average Bonchev–Trinajstić information content (AvgIpc) is 2.80. The van der Waals surface area contributed by atoms with E-state index in [1.54, 1.807) is 6.92 Å². The number of aromatic nitrogens is 1. The van der Waals surface area contributed by atoms with Gasteiger partial charge >= 0.3 is 0 Å². The van der Waals surface area contributed by atoms with E-state index in [2.05, 4.69) is 41.5 Å². The summed E-state index contributed by atoms with van der Waals surface area (Å²) in [5, 5.41) is 3.35. The van der Waals surface area contributed by atoms with E-state index < -0.39 is 6.04 Å². The maximum absolute atomic E-state index is 11.6. The number of benzene rings is 1. The smallest absolute Gasteiger partial charge is 0.242 e. The minimum atomic E-state index is -0.536. The molecule has 0 aliphatic heterocycles. The summed E-state index contributed by atoms with van der Waals surface area (Å²) in [6.07, 6.45) is 2.23. The summed E-state index contributed by atoms with van der Waals surface area (Å²) in [7, 11) is 0. The Morgan fingerprint density at radius 2 is 2.00 bits per heavy atom. The van der Waals surface area contributed by atoms with Crippen LogP contribution in [0.3, 0.4) is 0 Å². The van der Waals surface area contributed by atoms with Gasteiger partial charge in [0.05, 0.1) is 11.7 Å². The Balaban J connectivity index is 0.00000242. The molecule has 0 saturated heterocycles. The molecule has 0 radical (unpaired) electrons. The number of hydrogen-bond donors (Lipinski definition) is 2. The van der Waals surface area contributed by atoms with Crippen LogP contribution in [0.25, 0.3) is 11.3 Å². The molecule has 1 amide bonds. The molecule has 0 saturated carbocycles. The lowest BCUT2D eigenvalue weighted by molar-refractivity contribution is -0.117. The van der Waals surface area contributed by atoms with Crippen molar-refractivity contribution >= 4 is 34.8 Å². The number of hydrogen-bond acceptors (Lipinski definition) is 4. The van der Waals surface area contributed by atoms with Gasteiger partial charge < -0.3 is 11.1 Å². The van der Waals surface area contributed by atoms with Crippen molar-refractivity contribution < 1.29 is 4.79 Å². The minimum Gasteiger partial charge on any atom is -0.320 e. The van der Waals surface area contributed by atoms with E-state index in [1.807, 2.05) is 6.92 Å². The molecule has 0 aliphatic rings. The molecule has 4 nitrogen and oxygen atoms in total. The second kappa shape index (κ2) is 8.27. The Labute approximate surface area is 141 Å². The van der Waals surface area contributed by atoms with Gasteiger partial charge in [-0.25, -0.2) is 4.98 Å². The Bertz CT molecular complexity index is 623. The van der Waals surface area contributed by atoms with Crippen LogP contribution in [0, 0.1) is 6.92 Å². The van der Waals surface area contributed by atoms with Crippen molar-refractivity contribution in [2.24, 2.45) is 5.73 Å². The summed E-state index contributed by atoms with van der Waals surface area (Å²) in [5.41, 5.74) is 8.88. The monoisotopic (exact) mass is 339 g/mol. The standard InChI is InChI=1S/C16H21N3OS.ClH/c1-4-5-12-6-8-13(9-7-12)14-11(3)21-16(18-14)19-15(20)10(2)17;/h6-10H,4-5,17H2,1-3H3,(H,18,19,20);1H. The Morgan fingerprint density at radius 3 is 2.55 bits per heavy atom. The van der Waals surface area contributed by atoms with Gasteiger partial charge in [0.25, 0.3) is 0 Å². The molecule has 1 atom stereocenters. The van der Waals surface area contributed by atoms with Gasteiger partial charge in [0.1, 0.15) is 0 Å². The number of nitrogens with zero attached hydrogens (tertiary/aromatic N) is 1. The van der Waals surface area contributed by atoms with Crippen LogP contribution in [0.5, 0.6) is 0 Å². The first-order valence-corrected chi connectivity index (χ1v) is 7.96. The molecular weight excluding hydrogens is 318 g/mol. The fourth-order valence-corrected chi connectivity index (χ4v) is 2.89. The molecule has 1 heterocycles. The number of anilines is 1. The second-order valence-electron chi connectivity index (χ2n) is 5.15. The lowest BCUT2D eigenvalue weighted by Crippen LogP contribution is -2.32. The molecule has 3 N–H and O–H groups in total. The number of amides is 1. The highest BCUT2D eigenvalue weighted by molar-refractivity contribution is 7.16. The molecule has 1 aromatic carbocycles. The molecule has 120 valence electrons. The van der Waals surface area contributed by atoms with Gasteiger partial charge in [-0.2, -0.15) is 0 Å². The number of thiazole rings is 1. The van der Waals surface area contributed by atoms with Crippen molar-refractivity contribution in [1.29, 1.82) is 0 Å². The zero-order chi connectivity index (χ0) is 15.4. The van der Waals surface area contributed by atoms with Gasteiger partial charge in [-0.05, 0) is 25.8 Å². The Hall–Kier alpha value is -1.43. The first kappa shape index (κ1) is 18.6. The third-order valence-electron chi connectivity index (χ3n) is 3.21. The normalized spacial score (nSPS) is 11.6. The van der Waals surface area contributed by atoms with Gasteiger partial charge in [-0.3, -0.25) is 4.79 Å². The third-order valence-corrected chi connectivity index (χ3v) is 4.09. The van der Waals surface area contributed by atoms with Crippen LogP contribution < -0.4 is 11.1 Å². The maximum atomic E-state index is 11.6. The van der Waals surface area contributed by atoms with Crippen molar-refractivity contribution in [1.82, 2.24) is 4.98 Å². The molecule has 2 aromatic rings. The van der Waals surface area contributed by atoms with E-state index in [1.165, 1.54) is 16.9 Å². The number of aryl methyl sites for hydroxylation is 2. The number of rotatable bonds is 5. The predicted molar refractivity (Wildman–Crippen MR) is 95.8 cm³/mol. The van der Waals surface area contributed by atoms with Gasteiger partial charge in [0.15, 0.2) is 5.13 Å². The van der Waals surface area contributed by atoms with Crippen LogP contribution in [-0.2, 0) is 11.2 Å². The molecule has 1 aromatic heterocycles.